The highest BCUT2D eigenvalue weighted by molar-refractivity contribution is 9.10. The lowest BCUT2D eigenvalue weighted by atomic mass is 10.3. The Kier molecular flexibility index (Phi) is 1.42. The van der Waals surface area contributed by atoms with E-state index in [1.165, 1.54) is 0 Å². The minimum Gasteiger partial charge on any atom is -0.282 e. The number of fused-ring (bicyclic) bond motifs is 1. The molecule has 0 saturated carbocycles. The van der Waals surface area contributed by atoms with Crippen molar-refractivity contribution in [1.82, 2.24) is 15.2 Å². The molecule has 0 atom stereocenters. The third kappa shape index (κ3) is 0.939. The van der Waals surface area contributed by atoms with Crippen molar-refractivity contribution in [3.05, 3.63) is 22.6 Å². The van der Waals surface area contributed by atoms with Gasteiger partial charge in [-0.3, -0.25) is 5.10 Å². The molecular formula is C7H6BrN3. The molecule has 0 bridgehead atoms. The molecule has 4 heteroatoms. The van der Waals surface area contributed by atoms with E-state index in [2.05, 4.69) is 31.1 Å². The number of aromatic amines is 1. The van der Waals surface area contributed by atoms with Gasteiger partial charge in [0.2, 0.25) is 0 Å². The number of H-pyrrole nitrogens is 1. The second-order valence-electron chi connectivity index (χ2n) is 2.34. The van der Waals surface area contributed by atoms with Gasteiger partial charge in [-0.15, -0.1) is 0 Å². The molecule has 0 aliphatic carbocycles. The summed E-state index contributed by atoms with van der Waals surface area (Å²) < 4.78 is 0.848. The summed E-state index contributed by atoms with van der Waals surface area (Å²) in [7, 11) is 0. The normalized spacial score (nSPS) is 10.7. The Bertz CT molecular complexity index is 393. The number of halogens is 1. The first-order valence-corrected chi connectivity index (χ1v) is 4.03. The molecule has 1 N–H and O–H groups in total. The van der Waals surface area contributed by atoms with E-state index in [0.717, 1.165) is 21.2 Å². The maximum absolute atomic E-state index is 4.10. The van der Waals surface area contributed by atoms with Gasteiger partial charge in [-0.25, -0.2) is 4.98 Å². The molecule has 2 rings (SSSR count). The SMILES string of the molecule is Cc1[nH]nc2ccnc(Br)c12. The van der Waals surface area contributed by atoms with Crippen molar-refractivity contribution in [3.63, 3.8) is 0 Å². The lowest BCUT2D eigenvalue weighted by Crippen LogP contribution is -1.76. The molecule has 0 saturated heterocycles. The first-order chi connectivity index (χ1) is 5.29. The summed E-state index contributed by atoms with van der Waals surface area (Å²) in [5.74, 6) is 0. The molecule has 0 aromatic carbocycles. The average Bonchev–Trinajstić information content (AvgIpc) is 2.34. The zero-order valence-electron chi connectivity index (χ0n) is 5.93. The van der Waals surface area contributed by atoms with Gasteiger partial charge in [-0.1, -0.05) is 0 Å². The second-order valence-corrected chi connectivity index (χ2v) is 3.10. The highest BCUT2D eigenvalue weighted by Gasteiger charge is 2.04. The summed E-state index contributed by atoms with van der Waals surface area (Å²) in [6.45, 7) is 1.97. The van der Waals surface area contributed by atoms with Crippen molar-refractivity contribution in [2.45, 2.75) is 6.92 Å². The lowest BCUT2D eigenvalue weighted by molar-refractivity contribution is 1.07. The van der Waals surface area contributed by atoms with Gasteiger partial charge in [0, 0.05) is 11.9 Å². The smallest absolute Gasteiger partial charge is 0.117 e. The van der Waals surface area contributed by atoms with Crippen LogP contribution in [-0.4, -0.2) is 15.2 Å². The fourth-order valence-electron chi connectivity index (χ4n) is 1.07. The summed E-state index contributed by atoms with van der Waals surface area (Å²) in [5.41, 5.74) is 1.99. The predicted octanol–water partition coefficient (Wildman–Crippen LogP) is 2.03. The fraction of sp³-hybridized carbons (Fsp3) is 0.143. The maximum atomic E-state index is 4.10. The Balaban J connectivity index is 2.96. The van der Waals surface area contributed by atoms with Crippen molar-refractivity contribution in [2.75, 3.05) is 0 Å². The molecule has 0 fully saturated rings. The third-order valence-electron chi connectivity index (χ3n) is 1.60. The lowest BCUT2D eigenvalue weighted by Gasteiger charge is -1.90. The molecule has 3 nitrogen and oxygen atoms in total. The van der Waals surface area contributed by atoms with Crippen LogP contribution in [0.4, 0.5) is 0 Å². The van der Waals surface area contributed by atoms with Gasteiger partial charge in [-0.2, -0.15) is 5.10 Å². The average molecular weight is 212 g/mol. The van der Waals surface area contributed by atoms with E-state index in [9.17, 15) is 0 Å². The van der Waals surface area contributed by atoms with E-state index in [1.807, 2.05) is 13.0 Å². The monoisotopic (exact) mass is 211 g/mol. The minimum atomic E-state index is 0.848. The Hall–Kier alpha value is -0.900. The molecule has 2 heterocycles. The number of hydrogen-bond donors (Lipinski definition) is 1. The molecule has 2 aromatic heterocycles. The fourth-order valence-corrected chi connectivity index (χ4v) is 1.69. The molecule has 11 heavy (non-hydrogen) atoms. The van der Waals surface area contributed by atoms with Gasteiger partial charge >= 0.3 is 0 Å². The van der Waals surface area contributed by atoms with E-state index in [0.29, 0.717) is 0 Å². The van der Waals surface area contributed by atoms with Gasteiger partial charge in [0.15, 0.2) is 0 Å². The van der Waals surface area contributed by atoms with Crippen molar-refractivity contribution < 1.29 is 0 Å². The van der Waals surface area contributed by atoms with Crippen LogP contribution < -0.4 is 0 Å². The van der Waals surface area contributed by atoms with Crippen molar-refractivity contribution in [2.24, 2.45) is 0 Å². The number of hydrogen-bond acceptors (Lipinski definition) is 2. The first kappa shape index (κ1) is 6.79. The predicted molar refractivity (Wildman–Crippen MR) is 46.3 cm³/mol. The zero-order valence-corrected chi connectivity index (χ0v) is 7.51. The highest BCUT2D eigenvalue weighted by Crippen LogP contribution is 2.21. The summed E-state index contributed by atoms with van der Waals surface area (Å²) in [5, 5.41) is 8.04. The van der Waals surface area contributed by atoms with Gasteiger partial charge in [0.1, 0.15) is 4.60 Å². The molecule has 0 aliphatic heterocycles. The summed E-state index contributed by atoms with van der Waals surface area (Å²) in [4.78, 5) is 4.10. The van der Waals surface area contributed by atoms with Crippen LogP contribution in [0.5, 0.6) is 0 Å². The molecule has 0 amide bonds. The van der Waals surface area contributed by atoms with E-state index >= 15 is 0 Å². The van der Waals surface area contributed by atoms with Crippen molar-refractivity contribution in [3.8, 4) is 0 Å². The van der Waals surface area contributed by atoms with Crippen LogP contribution in [0, 0.1) is 6.92 Å². The Labute approximate surface area is 72.0 Å². The van der Waals surface area contributed by atoms with Crippen LogP contribution in [0.2, 0.25) is 0 Å². The van der Waals surface area contributed by atoms with Crippen LogP contribution in [0.25, 0.3) is 10.9 Å². The quantitative estimate of drug-likeness (QED) is 0.678. The second kappa shape index (κ2) is 2.30. The molecule has 2 aromatic rings. The van der Waals surface area contributed by atoms with E-state index in [4.69, 9.17) is 0 Å². The summed E-state index contributed by atoms with van der Waals surface area (Å²) >= 11 is 3.36. The molecule has 56 valence electrons. The zero-order chi connectivity index (χ0) is 7.84. The number of rotatable bonds is 0. The standard InChI is InChI=1S/C7H6BrN3/c1-4-6-5(11-10-4)2-3-9-7(6)8/h2-3H,1H3,(H,10,11). The Morgan fingerprint density at radius 2 is 2.36 bits per heavy atom. The van der Waals surface area contributed by atoms with Crippen LogP contribution in [0.15, 0.2) is 16.9 Å². The molecule has 0 radical (unpaired) electrons. The number of nitrogens with one attached hydrogen (secondary N) is 1. The van der Waals surface area contributed by atoms with E-state index in [-0.39, 0.29) is 0 Å². The van der Waals surface area contributed by atoms with Crippen LogP contribution in [0.3, 0.4) is 0 Å². The van der Waals surface area contributed by atoms with Crippen LogP contribution in [0.1, 0.15) is 5.69 Å². The van der Waals surface area contributed by atoms with E-state index < -0.39 is 0 Å². The number of aryl methyl sites for hydroxylation is 1. The molecule has 0 unspecified atom stereocenters. The number of nitrogens with zero attached hydrogens (tertiary/aromatic N) is 2. The molecule has 0 spiro atoms. The van der Waals surface area contributed by atoms with Crippen LogP contribution in [-0.2, 0) is 0 Å². The number of pyridine rings is 1. The third-order valence-corrected chi connectivity index (χ3v) is 2.20. The van der Waals surface area contributed by atoms with Gasteiger partial charge < -0.3 is 0 Å². The maximum Gasteiger partial charge on any atom is 0.117 e. The molecule has 0 aliphatic rings. The van der Waals surface area contributed by atoms with Gasteiger partial charge in [0.25, 0.3) is 0 Å². The van der Waals surface area contributed by atoms with Crippen molar-refractivity contribution in [1.29, 1.82) is 0 Å². The van der Waals surface area contributed by atoms with E-state index in [1.54, 1.807) is 6.20 Å². The van der Waals surface area contributed by atoms with Gasteiger partial charge in [0.05, 0.1) is 10.9 Å². The summed E-state index contributed by atoms with van der Waals surface area (Å²) in [6, 6.07) is 1.88. The molecular weight excluding hydrogens is 206 g/mol. The Morgan fingerprint density at radius 1 is 1.55 bits per heavy atom. The van der Waals surface area contributed by atoms with Crippen molar-refractivity contribution >= 4 is 26.8 Å². The van der Waals surface area contributed by atoms with Gasteiger partial charge in [-0.05, 0) is 28.9 Å². The summed E-state index contributed by atoms with van der Waals surface area (Å²) in [6.07, 6.45) is 1.73. The Morgan fingerprint density at radius 3 is 3.09 bits per heavy atom. The number of aromatic nitrogens is 3. The minimum absolute atomic E-state index is 0.848. The topological polar surface area (TPSA) is 41.6 Å². The largest absolute Gasteiger partial charge is 0.282 e. The van der Waals surface area contributed by atoms with Crippen LogP contribution >= 0.6 is 15.9 Å². The first-order valence-electron chi connectivity index (χ1n) is 3.24. The highest BCUT2D eigenvalue weighted by atomic mass is 79.9.